The van der Waals surface area contributed by atoms with Crippen molar-refractivity contribution < 1.29 is 13.5 Å². The number of nitrogens with two attached hydrogens (primary N) is 1. The van der Waals surface area contributed by atoms with Crippen LogP contribution in [-0.2, 0) is 10.0 Å². The third-order valence-electron chi connectivity index (χ3n) is 3.07. The first kappa shape index (κ1) is 16.4. The molecule has 0 bridgehead atoms. The van der Waals surface area contributed by atoms with Crippen molar-refractivity contribution in [1.82, 2.24) is 4.72 Å². The molecule has 0 heterocycles. The van der Waals surface area contributed by atoms with Crippen molar-refractivity contribution in [1.29, 1.82) is 0 Å². The van der Waals surface area contributed by atoms with Crippen LogP contribution in [0.4, 0.5) is 5.69 Å². The Balaban J connectivity index is 3.14. The highest BCUT2D eigenvalue weighted by Crippen LogP contribution is 2.26. The predicted molar refractivity (Wildman–Crippen MR) is 79.3 cm³/mol. The lowest BCUT2D eigenvalue weighted by atomic mass is 9.97. The number of halogens is 1. The van der Waals surface area contributed by atoms with E-state index in [2.05, 4.69) is 20.7 Å². The summed E-state index contributed by atoms with van der Waals surface area (Å²) < 4.78 is 27.8. The lowest BCUT2D eigenvalue weighted by Crippen LogP contribution is -2.46. The van der Waals surface area contributed by atoms with Gasteiger partial charge in [0.2, 0.25) is 10.0 Å². The minimum absolute atomic E-state index is 0.0784. The zero-order chi connectivity index (χ0) is 14.7. The molecule has 0 radical (unpaired) electrons. The Morgan fingerprint density at radius 3 is 2.63 bits per heavy atom. The number of anilines is 1. The average Bonchev–Trinajstić information content (AvgIpc) is 2.31. The van der Waals surface area contributed by atoms with Gasteiger partial charge in [-0.25, -0.2) is 13.1 Å². The van der Waals surface area contributed by atoms with Crippen molar-refractivity contribution in [2.24, 2.45) is 0 Å². The summed E-state index contributed by atoms with van der Waals surface area (Å²) >= 11 is 3.21. The molecule has 0 aromatic heterocycles. The number of aliphatic hydroxyl groups is 1. The van der Waals surface area contributed by atoms with Crippen LogP contribution in [0.5, 0.6) is 0 Å². The number of hydrogen-bond acceptors (Lipinski definition) is 4. The second-order valence-electron chi connectivity index (χ2n) is 4.68. The fraction of sp³-hybridized carbons (Fsp3) is 0.500. The van der Waals surface area contributed by atoms with E-state index >= 15 is 0 Å². The summed E-state index contributed by atoms with van der Waals surface area (Å²) in [6.45, 7) is 3.55. The highest BCUT2D eigenvalue weighted by atomic mass is 79.9. The maximum atomic E-state index is 12.4. The van der Waals surface area contributed by atoms with E-state index in [1.54, 1.807) is 19.1 Å². The van der Waals surface area contributed by atoms with Gasteiger partial charge >= 0.3 is 0 Å². The van der Waals surface area contributed by atoms with Crippen LogP contribution in [0.25, 0.3) is 0 Å². The smallest absolute Gasteiger partial charge is 0.242 e. The largest absolute Gasteiger partial charge is 0.399 e. The summed E-state index contributed by atoms with van der Waals surface area (Å²) in [4.78, 5) is 0.102. The molecule has 4 N–H and O–H groups in total. The van der Waals surface area contributed by atoms with E-state index in [0.29, 0.717) is 23.0 Å². The lowest BCUT2D eigenvalue weighted by Gasteiger charge is -2.28. The van der Waals surface area contributed by atoms with E-state index in [1.807, 2.05) is 6.92 Å². The van der Waals surface area contributed by atoms with E-state index < -0.39 is 15.6 Å². The summed E-state index contributed by atoms with van der Waals surface area (Å²) in [5.74, 6) is 0. The fourth-order valence-corrected chi connectivity index (χ4v) is 4.16. The third kappa shape index (κ3) is 4.17. The van der Waals surface area contributed by atoms with Crippen molar-refractivity contribution in [2.45, 2.75) is 37.1 Å². The van der Waals surface area contributed by atoms with Gasteiger partial charge in [0, 0.05) is 22.3 Å². The van der Waals surface area contributed by atoms with Crippen LogP contribution >= 0.6 is 15.9 Å². The molecule has 7 heteroatoms. The first-order valence-corrected chi connectivity index (χ1v) is 8.21. The standard InChI is InChI=1S/C12H19BrN2O3S/c1-3-12(2,6-7-16)15-19(17,18)11-8-9(14)4-5-10(11)13/h4-5,8,15-16H,3,6-7,14H2,1-2H3. The first-order chi connectivity index (χ1) is 8.74. The molecule has 0 amide bonds. The Hall–Kier alpha value is -0.630. The molecule has 0 aliphatic rings. The van der Waals surface area contributed by atoms with Gasteiger partial charge in [-0.15, -0.1) is 0 Å². The highest BCUT2D eigenvalue weighted by Gasteiger charge is 2.29. The molecule has 1 atom stereocenters. The molecule has 0 saturated carbocycles. The topological polar surface area (TPSA) is 92.4 Å². The van der Waals surface area contributed by atoms with Crippen LogP contribution in [0, 0.1) is 0 Å². The normalized spacial score (nSPS) is 15.2. The lowest BCUT2D eigenvalue weighted by molar-refractivity contribution is 0.233. The zero-order valence-corrected chi connectivity index (χ0v) is 13.4. The molecule has 1 unspecified atom stereocenters. The number of aliphatic hydroxyl groups excluding tert-OH is 1. The van der Waals surface area contributed by atoms with Gasteiger partial charge in [-0.3, -0.25) is 0 Å². The van der Waals surface area contributed by atoms with Gasteiger partial charge in [-0.1, -0.05) is 6.92 Å². The number of nitrogens with one attached hydrogen (secondary N) is 1. The second kappa shape index (κ2) is 6.21. The summed E-state index contributed by atoms with van der Waals surface area (Å²) in [7, 11) is -3.69. The Morgan fingerprint density at radius 2 is 2.11 bits per heavy atom. The number of benzene rings is 1. The molecule has 5 nitrogen and oxygen atoms in total. The van der Waals surface area contributed by atoms with Gasteiger partial charge in [0.15, 0.2) is 0 Å². The van der Waals surface area contributed by atoms with Gasteiger partial charge in [-0.2, -0.15) is 0 Å². The predicted octanol–water partition coefficient (Wildman–Crippen LogP) is 1.86. The van der Waals surface area contributed by atoms with E-state index in [1.165, 1.54) is 6.07 Å². The average molecular weight is 351 g/mol. The van der Waals surface area contributed by atoms with Crippen molar-refractivity contribution in [3.05, 3.63) is 22.7 Å². The van der Waals surface area contributed by atoms with Crippen molar-refractivity contribution in [3.63, 3.8) is 0 Å². The molecular formula is C12H19BrN2O3S. The van der Waals surface area contributed by atoms with Gasteiger partial charge < -0.3 is 10.8 Å². The maximum absolute atomic E-state index is 12.4. The highest BCUT2D eigenvalue weighted by molar-refractivity contribution is 9.10. The molecule has 0 spiro atoms. The number of rotatable bonds is 6. The Labute approximate surface area is 122 Å². The van der Waals surface area contributed by atoms with E-state index in [-0.39, 0.29) is 11.5 Å². The molecule has 108 valence electrons. The van der Waals surface area contributed by atoms with Gasteiger partial charge in [0.1, 0.15) is 0 Å². The maximum Gasteiger partial charge on any atom is 0.242 e. The molecular weight excluding hydrogens is 332 g/mol. The van der Waals surface area contributed by atoms with Gasteiger partial charge in [0.25, 0.3) is 0 Å². The molecule has 0 aliphatic heterocycles. The quantitative estimate of drug-likeness (QED) is 0.682. The minimum atomic E-state index is -3.69. The molecule has 0 fully saturated rings. The summed E-state index contributed by atoms with van der Waals surface area (Å²) in [5, 5.41) is 9.04. The molecule has 1 aromatic carbocycles. The molecule has 0 saturated heterocycles. The van der Waals surface area contributed by atoms with Crippen LogP contribution in [-0.4, -0.2) is 25.7 Å². The summed E-state index contributed by atoms with van der Waals surface area (Å²) in [6, 6.07) is 4.62. The summed E-state index contributed by atoms with van der Waals surface area (Å²) in [5.41, 5.74) is 5.32. The Morgan fingerprint density at radius 1 is 1.47 bits per heavy atom. The van der Waals surface area contributed by atoms with Crippen LogP contribution < -0.4 is 10.5 Å². The second-order valence-corrected chi connectivity index (χ2v) is 7.19. The molecule has 1 aromatic rings. The van der Waals surface area contributed by atoms with E-state index in [4.69, 9.17) is 10.8 Å². The van der Waals surface area contributed by atoms with Crippen LogP contribution in [0.3, 0.4) is 0 Å². The monoisotopic (exact) mass is 350 g/mol. The van der Waals surface area contributed by atoms with Gasteiger partial charge in [-0.05, 0) is 53.9 Å². The van der Waals surface area contributed by atoms with Crippen LogP contribution in [0.1, 0.15) is 26.7 Å². The van der Waals surface area contributed by atoms with Crippen LogP contribution in [0.2, 0.25) is 0 Å². The number of sulfonamides is 1. The first-order valence-electron chi connectivity index (χ1n) is 5.94. The molecule has 19 heavy (non-hydrogen) atoms. The zero-order valence-electron chi connectivity index (χ0n) is 11.0. The Bertz CT molecular complexity index is 548. The minimum Gasteiger partial charge on any atom is -0.399 e. The van der Waals surface area contributed by atoms with Crippen molar-refractivity contribution in [3.8, 4) is 0 Å². The Kier molecular flexibility index (Phi) is 5.37. The molecule has 1 rings (SSSR count). The van der Waals surface area contributed by atoms with Crippen molar-refractivity contribution in [2.75, 3.05) is 12.3 Å². The fourth-order valence-electron chi connectivity index (χ4n) is 1.65. The SMILES string of the molecule is CCC(C)(CCO)NS(=O)(=O)c1cc(N)ccc1Br. The summed E-state index contributed by atoms with van der Waals surface area (Å²) in [6.07, 6.45) is 0.926. The van der Waals surface area contributed by atoms with E-state index in [0.717, 1.165) is 0 Å². The van der Waals surface area contributed by atoms with Crippen molar-refractivity contribution >= 4 is 31.6 Å². The molecule has 0 aliphatic carbocycles. The van der Waals surface area contributed by atoms with Gasteiger partial charge in [0.05, 0.1) is 4.90 Å². The number of hydrogen-bond donors (Lipinski definition) is 3. The third-order valence-corrected chi connectivity index (χ3v) is 5.70. The van der Waals surface area contributed by atoms with Crippen LogP contribution in [0.15, 0.2) is 27.6 Å². The number of nitrogen functional groups attached to an aromatic ring is 1. The van der Waals surface area contributed by atoms with E-state index in [9.17, 15) is 8.42 Å².